The van der Waals surface area contributed by atoms with E-state index in [1.165, 1.54) is 12.8 Å². The van der Waals surface area contributed by atoms with E-state index in [4.69, 9.17) is 13.6 Å². The lowest BCUT2D eigenvalue weighted by molar-refractivity contribution is 0.0907. The lowest BCUT2D eigenvalue weighted by Crippen LogP contribution is -2.36. The number of hydrogen-bond acceptors (Lipinski definition) is 5. The first kappa shape index (κ1) is 18.6. The lowest BCUT2D eigenvalue weighted by Gasteiger charge is -2.25. The highest BCUT2D eigenvalue weighted by molar-refractivity contribution is 5.99. The van der Waals surface area contributed by atoms with Gasteiger partial charge in [-0.1, -0.05) is 0 Å². The zero-order valence-corrected chi connectivity index (χ0v) is 16.4. The van der Waals surface area contributed by atoms with E-state index in [0.717, 1.165) is 35.5 Å². The second kappa shape index (κ2) is 8.10. The number of furan rings is 2. The van der Waals surface area contributed by atoms with E-state index < -0.39 is 0 Å². The van der Waals surface area contributed by atoms with Crippen LogP contribution in [0.1, 0.15) is 47.7 Å². The second-order valence-corrected chi connectivity index (χ2v) is 7.13. The standard InChI is InChI=1S/C22H26N2O4/c1-3-26-16-8-9-19-17(13-16)15(2)21(28-19)22(25)23-14-18(20-7-6-12-27-20)24-10-4-5-11-24/h6-9,12-13,18H,3-5,10-11,14H2,1-2H3,(H,23,25)/t18-/m1/s1. The van der Waals surface area contributed by atoms with Crippen LogP contribution in [0.2, 0.25) is 0 Å². The number of carbonyl (C=O) groups excluding carboxylic acids is 1. The van der Waals surface area contributed by atoms with Gasteiger partial charge in [0, 0.05) is 17.5 Å². The van der Waals surface area contributed by atoms with Gasteiger partial charge in [0.1, 0.15) is 17.1 Å². The smallest absolute Gasteiger partial charge is 0.287 e. The lowest BCUT2D eigenvalue weighted by atomic mass is 10.1. The molecular formula is C22H26N2O4. The number of amides is 1. The Bertz CT molecular complexity index is 939. The number of nitrogens with one attached hydrogen (secondary N) is 1. The summed E-state index contributed by atoms with van der Waals surface area (Å²) in [5.74, 6) is 1.80. The van der Waals surface area contributed by atoms with E-state index >= 15 is 0 Å². The predicted molar refractivity (Wildman–Crippen MR) is 107 cm³/mol. The second-order valence-electron chi connectivity index (χ2n) is 7.13. The van der Waals surface area contributed by atoms with Crippen molar-refractivity contribution in [1.82, 2.24) is 10.2 Å². The molecule has 3 aromatic rings. The Labute approximate surface area is 164 Å². The molecule has 1 amide bonds. The van der Waals surface area contributed by atoms with E-state index in [0.29, 0.717) is 24.5 Å². The van der Waals surface area contributed by atoms with Gasteiger partial charge in [0.15, 0.2) is 5.76 Å². The third-order valence-corrected chi connectivity index (χ3v) is 5.33. The Balaban J connectivity index is 1.51. The molecule has 0 unspecified atom stereocenters. The van der Waals surface area contributed by atoms with Gasteiger partial charge in [0.2, 0.25) is 0 Å². The third-order valence-electron chi connectivity index (χ3n) is 5.33. The molecule has 1 aliphatic heterocycles. The molecule has 1 aliphatic rings. The summed E-state index contributed by atoms with van der Waals surface area (Å²) in [6.45, 7) is 6.96. The van der Waals surface area contributed by atoms with Crippen LogP contribution >= 0.6 is 0 Å². The normalized spacial score (nSPS) is 15.8. The minimum absolute atomic E-state index is 0.0377. The molecular weight excluding hydrogens is 356 g/mol. The van der Waals surface area contributed by atoms with Gasteiger partial charge >= 0.3 is 0 Å². The number of likely N-dealkylation sites (tertiary alicyclic amines) is 1. The molecule has 0 bridgehead atoms. The number of hydrogen-bond donors (Lipinski definition) is 1. The minimum Gasteiger partial charge on any atom is -0.494 e. The summed E-state index contributed by atoms with van der Waals surface area (Å²) in [6.07, 6.45) is 4.03. The zero-order valence-electron chi connectivity index (χ0n) is 16.4. The Morgan fingerprint density at radius 2 is 2.11 bits per heavy atom. The maximum Gasteiger partial charge on any atom is 0.287 e. The topological polar surface area (TPSA) is 67.8 Å². The van der Waals surface area contributed by atoms with Crippen molar-refractivity contribution in [3.8, 4) is 5.75 Å². The number of benzene rings is 1. The number of rotatable bonds is 7. The van der Waals surface area contributed by atoms with E-state index in [1.54, 1.807) is 6.26 Å². The monoisotopic (exact) mass is 382 g/mol. The van der Waals surface area contributed by atoms with E-state index in [-0.39, 0.29) is 11.9 Å². The van der Waals surface area contributed by atoms with Crippen molar-refractivity contribution in [2.45, 2.75) is 32.7 Å². The molecule has 1 N–H and O–H groups in total. The summed E-state index contributed by atoms with van der Waals surface area (Å²) >= 11 is 0. The molecule has 0 spiro atoms. The molecule has 6 nitrogen and oxygen atoms in total. The quantitative estimate of drug-likeness (QED) is 0.660. The highest BCUT2D eigenvalue weighted by Crippen LogP contribution is 2.29. The average molecular weight is 382 g/mol. The van der Waals surface area contributed by atoms with Crippen LogP contribution in [0.4, 0.5) is 0 Å². The minimum atomic E-state index is -0.206. The molecule has 0 radical (unpaired) electrons. The van der Waals surface area contributed by atoms with Crippen LogP contribution in [0.25, 0.3) is 11.0 Å². The molecule has 1 atom stereocenters. The Hall–Kier alpha value is -2.73. The fourth-order valence-corrected chi connectivity index (χ4v) is 3.89. The number of ether oxygens (including phenoxy) is 1. The molecule has 2 aromatic heterocycles. The number of aryl methyl sites for hydroxylation is 1. The summed E-state index contributed by atoms with van der Waals surface area (Å²) < 4.78 is 17.0. The van der Waals surface area contributed by atoms with Gasteiger partial charge in [-0.05, 0) is 70.1 Å². The highest BCUT2D eigenvalue weighted by Gasteiger charge is 2.27. The molecule has 1 saturated heterocycles. The summed E-state index contributed by atoms with van der Waals surface area (Å²) in [7, 11) is 0. The number of fused-ring (bicyclic) bond motifs is 1. The van der Waals surface area contributed by atoms with Crippen molar-refractivity contribution in [1.29, 1.82) is 0 Å². The van der Waals surface area contributed by atoms with Crippen LogP contribution in [0.15, 0.2) is 45.4 Å². The summed E-state index contributed by atoms with van der Waals surface area (Å²) in [4.78, 5) is 15.2. The van der Waals surface area contributed by atoms with Crippen LogP contribution in [0, 0.1) is 6.92 Å². The molecule has 28 heavy (non-hydrogen) atoms. The van der Waals surface area contributed by atoms with Gasteiger partial charge in [-0.3, -0.25) is 9.69 Å². The summed E-state index contributed by atoms with van der Waals surface area (Å²) in [6, 6.07) is 9.52. The SMILES string of the molecule is CCOc1ccc2oc(C(=O)NC[C@H](c3ccco3)N3CCCC3)c(C)c2c1. The van der Waals surface area contributed by atoms with Crippen molar-refractivity contribution >= 4 is 16.9 Å². The van der Waals surface area contributed by atoms with Crippen molar-refractivity contribution in [2.75, 3.05) is 26.2 Å². The first-order chi connectivity index (χ1) is 13.7. The molecule has 3 heterocycles. The fourth-order valence-electron chi connectivity index (χ4n) is 3.89. The summed E-state index contributed by atoms with van der Waals surface area (Å²) in [5.41, 5.74) is 1.51. The predicted octanol–water partition coefficient (Wildman–Crippen LogP) is 4.30. The van der Waals surface area contributed by atoms with Crippen LogP contribution in [-0.4, -0.2) is 37.0 Å². The molecule has 1 fully saturated rings. The van der Waals surface area contributed by atoms with Gasteiger partial charge in [0.05, 0.1) is 18.9 Å². The van der Waals surface area contributed by atoms with Gasteiger partial charge in [-0.25, -0.2) is 0 Å². The summed E-state index contributed by atoms with van der Waals surface area (Å²) in [5, 5.41) is 3.94. The van der Waals surface area contributed by atoms with Crippen molar-refractivity contribution < 1.29 is 18.4 Å². The van der Waals surface area contributed by atoms with Crippen molar-refractivity contribution in [3.05, 3.63) is 53.7 Å². The molecule has 1 aromatic carbocycles. The van der Waals surface area contributed by atoms with E-state index in [9.17, 15) is 4.79 Å². The third kappa shape index (κ3) is 3.64. The molecule has 0 aliphatic carbocycles. The van der Waals surface area contributed by atoms with Gasteiger partial charge in [-0.2, -0.15) is 0 Å². The van der Waals surface area contributed by atoms with Gasteiger partial charge in [-0.15, -0.1) is 0 Å². The fraction of sp³-hybridized carbons (Fsp3) is 0.409. The van der Waals surface area contributed by atoms with Crippen molar-refractivity contribution in [2.24, 2.45) is 0 Å². The van der Waals surface area contributed by atoms with Crippen LogP contribution in [-0.2, 0) is 0 Å². The maximum atomic E-state index is 12.8. The van der Waals surface area contributed by atoms with E-state index in [2.05, 4.69) is 10.2 Å². The van der Waals surface area contributed by atoms with Crippen molar-refractivity contribution in [3.63, 3.8) is 0 Å². The Morgan fingerprint density at radius 1 is 1.29 bits per heavy atom. The average Bonchev–Trinajstić information content (AvgIpc) is 3.45. The van der Waals surface area contributed by atoms with Crippen LogP contribution < -0.4 is 10.1 Å². The highest BCUT2D eigenvalue weighted by atomic mass is 16.5. The largest absolute Gasteiger partial charge is 0.494 e. The van der Waals surface area contributed by atoms with E-state index in [1.807, 2.05) is 44.2 Å². The zero-order chi connectivity index (χ0) is 19.5. The Morgan fingerprint density at radius 3 is 2.82 bits per heavy atom. The number of carbonyl (C=O) groups is 1. The molecule has 4 rings (SSSR count). The van der Waals surface area contributed by atoms with Crippen LogP contribution in [0.5, 0.6) is 5.75 Å². The van der Waals surface area contributed by atoms with Gasteiger partial charge < -0.3 is 18.9 Å². The molecule has 148 valence electrons. The first-order valence-electron chi connectivity index (χ1n) is 9.89. The molecule has 0 saturated carbocycles. The maximum absolute atomic E-state index is 12.8. The molecule has 6 heteroatoms. The number of nitrogens with zero attached hydrogens (tertiary/aromatic N) is 1. The van der Waals surface area contributed by atoms with Crippen LogP contribution in [0.3, 0.4) is 0 Å². The Kier molecular flexibility index (Phi) is 5.39. The van der Waals surface area contributed by atoms with Gasteiger partial charge in [0.25, 0.3) is 5.91 Å². The first-order valence-corrected chi connectivity index (χ1v) is 9.89.